The average Bonchev–Trinajstić information content (AvgIpc) is 2.38. The molecule has 2 atom stereocenters. The highest BCUT2D eigenvalue weighted by Crippen LogP contribution is 2.27. The number of hydrogen-bond acceptors (Lipinski definition) is 2. The average molecular weight is 233 g/mol. The Hall–Kier alpha value is -1.02. The molecule has 1 fully saturated rings. The molecule has 17 heavy (non-hydrogen) atoms. The zero-order valence-corrected chi connectivity index (χ0v) is 10.7. The minimum Gasteiger partial charge on any atom is -0.508 e. The van der Waals surface area contributed by atoms with Crippen molar-refractivity contribution in [1.82, 2.24) is 5.32 Å². The van der Waals surface area contributed by atoms with Crippen LogP contribution in [0.4, 0.5) is 0 Å². The summed E-state index contributed by atoms with van der Waals surface area (Å²) in [5.41, 5.74) is 1.01. The summed E-state index contributed by atoms with van der Waals surface area (Å²) >= 11 is 0. The van der Waals surface area contributed by atoms with Gasteiger partial charge in [0.25, 0.3) is 0 Å². The molecule has 2 rings (SSSR count). The molecule has 2 N–H and O–H groups in total. The third kappa shape index (κ3) is 3.47. The van der Waals surface area contributed by atoms with Crippen LogP contribution in [0.15, 0.2) is 24.3 Å². The molecule has 0 saturated heterocycles. The van der Waals surface area contributed by atoms with Crippen LogP contribution in [0, 0.1) is 5.92 Å². The maximum absolute atomic E-state index is 9.70. The monoisotopic (exact) mass is 233 g/mol. The van der Waals surface area contributed by atoms with Gasteiger partial charge in [-0.05, 0) is 24.8 Å². The van der Waals surface area contributed by atoms with Gasteiger partial charge in [-0.25, -0.2) is 0 Å². The molecule has 0 aliphatic heterocycles. The van der Waals surface area contributed by atoms with E-state index in [2.05, 4.69) is 12.2 Å². The molecule has 0 aromatic heterocycles. The number of hydrogen-bond donors (Lipinski definition) is 2. The van der Waals surface area contributed by atoms with E-state index in [1.807, 2.05) is 18.2 Å². The SMILES string of the molecule is CCC1CCCC(NCc2ccccc2O)C1. The Labute approximate surface area is 104 Å². The van der Waals surface area contributed by atoms with Crippen LogP contribution in [0.25, 0.3) is 0 Å². The zero-order chi connectivity index (χ0) is 12.1. The zero-order valence-electron chi connectivity index (χ0n) is 10.7. The van der Waals surface area contributed by atoms with E-state index in [9.17, 15) is 5.11 Å². The molecule has 0 radical (unpaired) electrons. The molecule has 1 saturated carbocycles. The van der Waals surface area contributed by atoms with Crippen LogP contribution in [0.2, 0.25) is 0 Å². The molecule has 1 aliphatic rings. The number of nitrogens with one attached hydrogen (secondary N) is 1. The van der Waals surface area contributed by atoms with Crippen molar-refractivity contribution >= 4 is 0 Å². The van der Waals surface area contributed by atoms with Gasteiger partial charge in [0, 0.05) is 18.2 Å². The number of phenolic OH excluding ortho intramolecular Hbond substituents is 1. The van der Waals surface area contributed by atoms with E-state index in [0.29, 0.717) is 11.8 Å². The highest BCUT2D eigenvalue weighted by Gasteiger charge is 2.20. The Morgan fingerprint density at radius 3 is 2.88 bits per heavy atom. The number of phenols is 1. The van der Waals surface area contributed by atoms with Gasteiger partial charge in [0.1, 0.15) is 5.75 Å². The molecule has 0 spiro atoms. The molecule has 0 heterocycles. The minimum absolute atomic E-state index is 0.405. The van der Waals surface area contributed by atoms with Gasteiger partial charge in [0.15, 0.2) is 0 Å². The summed E-state index contributed by atoms with van der Waals surface area (Å²) in [5.74, 6) is 1.30. The summed E-state index contributed by atoms with van der Waals surface area (Å²) in [6.07, 6.45) is 6.62. The van der Waals surface area contributed by atoms with E-state index in [1.165, 1.54) is 32.1 Å². The van der Waals surface area contributed by atoms with E-state index in [-0.39, 0.29) is 0 Å². The summed E-state index contributed by atoms with van der Waals surface area (Å²) in [4.78, 5) is 0. The van der Waals surface area contributed by atoms with Crippen LogP contribution < -0.4 is 5.32 Å². The summed E-state index contributed by atoms with van der Waals surface area (Å²) < 4.78 is 0. The summed E-state index contributed by atoms with van der Waals surface area (Å²) in [5, 5.41) is 13.3. The Balaban J connectivity index is 1.84. The normalized spacial score (nSPS) is 24.8. The number of rotatable bonds is 4. The third-order valence-electron chi connectivity index (χ3n) is 3.93. The number of benzene rings is 1. The maximum atomic E-state index is 9.70. The highest BCUT2D eigenvalue weighted by molar-refractivity contribution is 5.31. The van der Waals surface area contributed by atoms with Crippen molar-refractivity contribution in [2.75, 3.05) is 0 Å². The second-order valence-electron chi connectivity index (χ2n) is 5.15. The lowest BCUT2D eigenvalue weighted by Crippen LogP contribution is -2.33. The van der Waals surface area contributed by atoms with Crippen LogP contribution in [0.1, 0.15) is 44.6 Å². The van der Waals surface area contributed by atoms with Gasteiger partial charge in [-0.1, -0.05) is 44.4 Å². The van der Waals surface area contributed by atoms with Crippen molar-refractivity contribution in [2.24, 2.45) is 5.92 Å². The lowest BCUT2D eigenvalue weighted by atomic mass is 9.84. The van der Waals surface area contributed by atoms with Gasteiger partial charge < -0.3 is 10.4 Å². The fraction of sp³-hybridized carbons (Fsp3) is 0.600. The molecule has 2 unspecified atom stereocenters. The molecular formula is C15H23NO. The summed E-state index contributed by atoms with van der Waals surface area (Å²) in [6.45, 7) is 3.07. The third-order valence-corrected chi connectivity index (χ3v) is 3.93. The predicted octanol–water partition coefficient (Wildman–Crippen LogP) is 3.45. The molecule has 2 nitrogen and oxygen atoms in total. The lowest BCUT2D eigenvalue weighted by molar-refractivity contribution is 0.277. The highest BCUT2D eigenvalue weighted by atomic mass is 16.3. The second kappa shape index (κ2) is 6.06. The van der Waals surface area contributed by atoms with Crippen molar-refractivity contribution in [3.05, 3.63) is 29.8 Å². The first kappa shape index (κ1) is 12.4. The Bertz CT molecular complexity index is 351. The largest absolute Gasteiger partial charge is 0.508 e. The number of aromatic hydroxyl groups is 1. The molecule has 94 valence electrons. The fourth-order valence-electron chi connectivity index (χ4n) is 2.76. The van der Waals surface area contributed by atoms with Crippen LogP contribution in [0.3, 0.4) is 0 Å². The van der Waals surface area contributed by atoms with Crippen molar-refractivity contribution in [2.45, 2.75) is 51.6 Å². The van der Waals surface area contributed by atoms with E-state index in [1.54, 1.807) is 6.07 Å². The van der Waals surface area contributed by atoms with Gasteiger partial charge >= 0.3 is 0 Å². The minimum atomic E-state index is 0.405. The quantitative estimate of drug-likeness (QED) is 0.835. The van der Waals surface area contributed by atoms with Crippen LogP contribution in [-0.4, -0.2) is 11.1 Å². The van der Waals surface area contributed by atoms with Crippen molar-refractivity contribution < 1.29 is 5.11 Å². The van der Waals surface area contributed by atoms with Crippen LogP contribution in [0.5, 0.6) is 5.75 Å². The van der Waals surface area contributed by atoms with Crippen molar-refractivity contribution in [3.63, 3.8) is 0 Å². The van der Waals surface area contributed by atoms with Gasteiger partial charge in [-0.15, -0.1) is 0 Å². The molecule has 1 aromatic carbocycles. The second-order valence-corrected chi connectivity index (χ2v) is 5.15. The molecular weight excluding hydrogens is 210 g/mol. The fourth-order valence-corrected chi connectivity index (χ4v) is 2.76. The predicted molar refractivity (Wildman–Crippen MR) is 71.0 cm³/mol. The van der Waals surface area contributed by atoms with Crippen molar-refractivity contribution in [1.29, 1.82) is 0 Å². The Kier molecular flexibility index (Phi) is 4.43. The van der Waals surface area contributed by atoms with Gasteiger partial charge in [0.05, 0.1) is 0 Å². The van der Waals surface area contributed by atoms with E-state index in [0.717, 1.165) is 18.0 Å². The summed E-state index contributed by atoms with van der Waals surface area (Å²) in [7, 11) is 0. The smallest absolute Gasteiger partial charge is 0.120 e. The summed E-state index contributed by atoms with van der Waals surface area (Å²) in [6, 6.07) is 8.22. The van der Waals surface area contributed by atoms with Gasteiger partial charge in [0.2, 0.25) is 0 Å². The standard InChI is InChI=1S/C15H23NO/c1-2-12-6-5-8-14(10-12)16-11-13-7-3-4-9-15(13)17/h3-4,7,9,12,14,16-17H,2,5-6,8,10-11H2,1H3. The first-order chi connectivity index (χ1) is 8.29. The number of para-hydroxylation sites is 1. The molecule has 2 heteroatoms. The van der Waals surface area contributed by atoms with E-state index >= 15 is 0 Å². The van der Waals surface area contributed by atoms with E-state index in [4.69, 9.17) is 0 Å². The van der Waals surface area contributed by atoms with Gasteiger partial charge in [-0.2, -0.15) is 0 Å². The van der Waals surface area contributed by atoms with Crippen LogP contribution in [-0.2, 0) is 6.54 Å². The first-order valence-corrected chi connectivity index (χ1v) is 6.80. The van der Waals surface area contributed by atoms with Crippen LogP contribution >= 0.6 is 0 Å². The topological polar surface area (TPSA) is 32.3 Å². The lowest BCUT2D eigenvalue weighted by Gasteiger charge is -2.29. The first-order valence-electron chi connectivity index (χ1n) is 6.80. The van der Waals surface area contributed by atoms with Gasteiger partial charge in [-0.3, -0.25) is 0 Å². The molecule has 1 aliphatic carbocycles. The maximum Gasteiger partial charge on any atom is 0.120 e. The van der Waals surface area contributed by atoms with E-state index < -0.39 is 0 Å². The Morgan fingerprint density at radius 2 is 2.12 bits per heavy atom. The molecule has 1 aromatic rings. The molecule has 0 amide bonds. The Morgan fingerprint density at radius 1 is 1.29 bits per heavy atom. The van der Waals surface area contributed by atoms with Crippen molar-refractivity contribution in [3.8, 4) is 5.75 Å². The molecule has 0 bridgehead atoms.